The van der Waals surface area contributed by atoms with Gasteiger partial charge in [0, 0.05) is 30.2 Å². The Labute approximate surface area is 206 Å². The number of amides is 4. The van der Waals surface area contributed by atoms with Crippen LogP contribution in [0.25, 0.3) is 0 Å². The molecular formula is C24H19F7N4O2. The molecule has 0 saturated carbocycles. The maximum Gasteiger partial charge on any atom is 0.416 e. The molecule has 37 heavy (non-hydrogen) atoms. The molecule has 0 saturated heterocycles. The molecule has 0 atom stereocenters. The van der Waals surface area contributed by atoms with Crippen molar-refractivity contribution < 1.29 is 40.3 Å². The zero-order chi connectivity index (χ0) is 27.2. The minimum Gasteiger partial charge on any atom is -0.336 e. The summed E-state index contributed by atoms with van der Waals surface area (Å²) in [6, 6.07) is 10.8. The first-order valence-electron chi connectivity index (χ1n) is 10.6. The standard InChI is InChI=1S/C24H19F7N4O2/c25-17-7-9-20(10-8-17)35(22(37)34-19-6-2-4-16(14-19)24(29,30)31)12-11-32-21(36)33-18-5-1-3-15(13-18)23(26,27)28/h1-10,13-14H,11-12H2,(H,34,37)(H2,32,33,36). The predicted molar refractivity (Wildman–Crippen MR) is 123 cm³/mol. The largest absolute Gasteiger partial charge is 0.416 e. The summed E-state index contributed by atoms with van der Waals surface area (Å²) < 4.78 is 90.8. The summed E-state index contributed by atoms with van der Waals surface area (Å²) >= 11 is 0. The number of rotatable bonds is 6. The van der Waals surface area contributed by atoms with E-state index in [1.54, 1.807) is 0 Å². The number of nitrogens with zero attached hydrogens (tertiary/aromatic N) is 1. The summed E-state index contributed by atoms with van der Waals surface area (Å²) in [5, 5.41) is 6.94. The maximum atomic E-state index is 13.4. The van der Waals surface area contributed by atoms with Crippen molar-refractivity contribution in [3.05, 3.63) is 89.7 Å². The minimum atomic E-state index is -4.63. The van der Waals surface area contributed by atoms with Crippen molar-refractivity contribution in [1.82, 2.24) is 5.32 Å². The van der Waals surface area contributed by atoms with Crippen LogP contribution in [0.4, 0.5) is 57.4 Å². The molecule has 0 unspecified atom stereocenters. The number of nitrogens with one attached hydrogen (secondary N) is 3. The quantitative estimate of drug-likeness (QED) is 0.311. The Balaban J connectivity index is 1.68. The molecule has 0 aliphatic rings. The molecule has 0 spiro atoms. The van der Waals surface area contributed by atoms with Gasteiger partial charge in [-0.15, -0.1) is 0 Å². The zero-order valence-electron chi connectivity index (χ0n) is 18.8. The number of hydrogen-bond acceptors (Lipinski definition) is 2. The molecule has 3 aromatic rings. The molecule has 0 bridgehead atoms. The van der Waals surface area contributed by atoms with Gasteiger partial charge in [-0.3, -0.25) is 4.90 Å². The summed E-state index contributed by atoms with van der Waals surface area (Å²) in [6.45, 7) is -0.426. The van der Waals surface area contributed by atoms with Crippen LogP contribution in [0.5, 0.6) is 0 Å². The van der Waals surface area contributed by atoms with Crippen LogP contribution >= 0.6 is 0 Å². The van der Waals surface area contributed by atoms with E-state index in [9.17, 15) is 40.3 Å². The molecule has 0 aliphatic carbocycles. The first-order valence-corrected chi connectivity index (χ1v) is 10.6. The maximum absolute atomic E-state index is 13.4. The Hall–Kier alpha value is -4.29. The summed E-state index contributed by atoms with van der Waals surface area (Å²) in [5.41, 5.74) is -2.04. The van der Waals surface area contributed by atoms with Gasteiger partial charge in [-0.1, -0.05) is 12.1 Å². The van der Waals surface area contributed by atoms with Gasteiger partial charge >= 0.3 is 24.4 Å². The zero-order valence-corrected chi connectivity index (χ0v) is 18.8. The van der Waals surface area contributed by atoms with E-state index in [0.29, 0.717) is 0 Å². The van der Waals surface area contributed by atoms with Crippen molar-refractivity contribution >= 4 is 29.1 Å². The van der Waals surface area contributed by atoms with Crippen molar-refractivity contribution in [3.8, 4) is 0 Å². The van der Waals surface area contributed by atoms with Crippen molar-refractivity contribution in [2.75, 3.05) is 28.6 Å². The monoisotopic (exact) mass is 528 g/mol. The van der Waals surface area contributed by atoms with Gasteiger partial charge < -0.3 is 16.0 Å². The fourth-order valence-corrected chi connectivity index (χ4v) is 3.16. The van der Waals surface area contributed by atoms with Gasteiger partial charge in [0.15, 0.2) is 0 Å². The molecule has 6 nitrogen and oxygen atoms in total. The van der Waals surface area contributed by atoms with Crippen LogP contribution in [0.15, 0.2) is 72.8 Å². The summed E-state index contributed by atoms with van der Waals surface area (Å²) in [6.07, 6.45) is -9.23. The van der Waals surface area contributed by atoms with Crippen LogP contribution < -0.4 is 20.9 Å². The fourth-order valence-electron chi connectivity index (χ4n) is 3.16. The van der Waals surface area contributed by atoms with Gasteiger partial charge in [-0.25, -0.2) is 14.0 Å². The molecule has 3 rings (SSSR count). The minimum absolute atomic E-state index is 0.120. The molecule has 0 heterocycles. The number of alkyl halides is 6. The Kier molecular flexibility index (Phi) is 8.25. The van der Waals surface area contributed by atoms with E-state index >= 15 is 0 Å². The number of carbonyl (C=O) groups excluding carboxylic acids is 2. The number of anilines is 3. The first-order chi connectivity index (χ1) is 17.3. The second-order valence-corrected chi connectivity index (χ2v) is 7.60. The van der Waals surface area contributed by atoms with Gasteiger partial charge in [0.05, 0.1) is 11.1 Å². The highest BCUT2D eigenvalue weighted by Crippen LogP contribution is 2.31. The van der Waals surface area contributed by atoms with Gasteiger partial charge in [0.1, 0.15) is 5.82 Å². The second-order valence-electron chi connectivity index (χ2n) is 7.60. The van der Waals surface area contributed by atoms with Crippen LogP contribution in [0.3, 0.4) is 0 Å². The number of urea groups is 2. The number of carbonyl (C=O) groups is 2. The lowest BCUT2D eigenvalue weighted by atomic mass is 10.2. The van der Waals surface area contributed by atoms with Gasteiger partial charge in [-0.2, -0.15) is 26.3 Å². The summed E-state index contributed by atoms with van der Waals surface area (Å²) in [7, 11) is 0. The molecule has 0 fully saturated rings. The lowest BCUT2D eigenvalue weighted by molar-refractivity contribution is -0.138. The molecule has 0 radical (unpaired) electrons. The van der Waals surface area contributed by atoms with Crippen LogP contribution in [0, 0.1) is 5.82 Å². The highest BCUT2D eigenvalue weighted by atomic mass is 19.4. The van der Waals surface area contributed by atoms with E-state index in [2.05, 4.69) is 16.0 Å². The highest BCUT2D eigenvalue weighted by Gasteiger charge is 2.31. The molecule has 13 heteroatoms. The van der Waals surface area contributed by atoms with Crippen molar-refractivity contribution in [3.63, 3.8) is 0 Å². The third-order valence-corrected chi connectivity index (χ3v) is 4.89. The van der Waals surface area contributed by atoms with E-state index < -0.39 is 41.4 Å². The van der Waals surface area contributed by atoms with E-state index in [1.165, 1.54) is 24.3 Å². The lowest BCUT2D eigenvalue weighted by Crippen LogP contribution is -2.42. The molecule has 3 aromatic carbocycles. The van der Waals surface area contributed by atoms with Crippen LogP contribution in [-0.4, -0.2) is 25.2 Å². The Morgan fingerprint density at radius 3 is 1.76 bits per heavy atom. The lowest BCUT2D eigenvalue weighted by Gasteiger charge is -2.24. The van der Waals surface area contributed by atoms with Crippen LogP contribution in [0.1, 0.15) is 11.1 Å². The third kappa shape index (κ3) is 7.85. The molecular weight excluding hydrogens is 509 g/mol. The van der Waals surface area contributed by atoms with E-state index in [1.807, 2.05) is 0 Å². The topological polar surface area (TPSA) is 73.5 Å². The van der Waals surface area contributed by atoms with E-state index in [-0.39, 0.29) is 30.2 Å². The SMILES string of the molecule is O=C(NCCN(C(=O)Nc1cccc(C(F)(F)F)c1)c1ccc(F)cc1)Nc1cccc(C(F)(F)F)c1. The Bertz CT molecular complexity index is 1240. The summed E-state index contributed by atoms with van der Waals surface area (Å²) in [5.74, 6) is -0.597. The second kappa shape index (κ2) is 11.2. The highest BCUT2D eigenvalue weighted by molar-refractivity contribution is 6.01. The van der Waals surface area contributed by atoms with Crippen molar-refractivity contribution in [2.45, 2.75) is 12.4 Å². The molecule has 0 aliphatic heterocycles. The normalized spacial score (nSPS) is 11.5. The molecule has 4 amide bonds. The van der Waals surface area contributed by atoms with Gasteiger partial charge in [0.25, 0.3) is 0 Å². The number of benzene rings is 3. The Morgan fingerprint density at radius 2 is 1.24 bits per heavy atom. The fraction of sp³-hybridized carbons (Fsp3) is 0.167. The third-order valence-electron chi connectivity index (χ3n) is 4.89. The van der Waals surface area contributed by atoms with Gasteiger partial charge in [-0.05, 0) is 60.7 Å². The van der Waals surface area contributed by atoms with Crippen LogP contribution in [-0.2, 0) is 12.4 Å². The van der Waals surface area contributed by atoms with Gasteiger partial charge in [0.2, 0.25) is 0 Å². The van der Waals surface area contributed by atoms with E-state index in [0.717, 1.165) is 53.4 Å². The van der Waals surface area contributed by atoms with Crippen LogP contribution in [0.2, 0.25) is 0 Å². The average Bonchev–Trinajstić information content (AvgIpc) is 2.82. The number of halogens is 7. The molecule has 196 valence electrons. The smallest absolute Gasteiger partial charge is 0.336 e. The molecule has 0 aromatic heterocycles. The predicted octanol–water partition coefficient (Wildman–Crippen LogP) is 6.72. The first kappa shape index (κ1) is 27.3. The average molecular weight is 528 g/mol. The summed E-state index contributed by atoms with van der Waals surface area (Å²) in [4.78, 5) is 26.1. The Morgan fingerprint density at radius 1 is 0.730 bits per heavy atom. The molecule has 3 N–H and O–H groups in total. The van der Waals surface area contributed by atoms with E-state index in [4.69, 9.17) is 0 Å². The van der Waals surface area contributed by atoms with Crippen molar-refractivity contribution in [1.29, 1.82) is 0 Å². The number of hydrogen-bond donors (Lipinski definition) is 3. The van der Waals surface area contributed by atoms with Crippen molar-refractivity contribution in [2.24, 2.45) is 0 Å².